The molecule has 0 saturated heterocycles. The summed E-state index contributed by atoms with van der Waals surface area (Å²) in [6, 6.07) is 3.71. The van der Waals surface area contributed by atoms with Crippen LogP contribution in [0, 0.1) is 6.07 Å². The van der Waals surface area contributed by atoms with Crippen LogP contribution in [0.2, 0.25) is 0 Å². The average Bonchev–Trinajstić information content (AvgIpc) is 1.99. The average molecular weight is 252 g/mol. The van der Waals surface area contributed by atoms with E-state index in [4.69, 9.17) is 14.8 Å². The van der Waals surface area contributed by atoms with Crippen LogP contribution in [-0.2, 0) is 20.2 Å². The van der Waals surface area contributed by atoms with Crippen LogP contribution in [0.1, 0.15) is 0 Å². The van der Waals surface area contributed by atoms with Crippen molar-refractivity contribution < 1.29 is 25.9 Å². The highest BCUT2D eigenvalue weighted by Crippen LogP contribution is 2.25. The Morgan fingerprint density at radius 1 is 1.00 bits per heavy atom. The summed E-state index contributed by atoms with van der Waals surface area (Å²) in [7, 11) is -9.30. The molecular formula is C6H6NO6S2. The molecule has 0 aromatic heterocycles. The van der Waals surface area contributed by atoms with Gasteiger partial charge in [0, 0.05) is 0 Å². The number of benzene rings is 1. The van der Waals surface area contributed by atoms with E-state index in [9.17, 15) is 16.8 Å². The number of rotatable bonds is 2. The molecule has 1 radical (unpaired) electrons. The van der Waals surface area contributed by atoms with Gasteiger partial charge in [0.2, 0.25) is 0 Å². The molecule has 0 bridgehead atoms. The molecule has 0 aliphatic carbocycles. The minimum absolute atomic E-state index is 0.751. The van der Waals surface area contributed by atoms with Crippen LogP contribution < -0.4 is 5.73 Å². The summed E-state index contributed by atoms with van der Waals surface area (Å²) in [6.45, 7) is 0. The Morgan fingerprint density at radius 3 is 1.60 bits per heavy atom. The van der Waals surface area contributed by atoms with Crippen molar-refractivity contribution in [1.29, 1.82) is 0 Å². The fraction of sp³-hybridized carbons (Fsp3) is 0. The molecule has 0 aliphatic rings. The van der Waals surface area contributed by atoms with Gasteiger partial charge in [0.1, 0.15) is 9.79 Å². The number of hydrogen-bond donors (Lipinski definition) is 3. The molecule has 0 atom stereocenters. The standard InChI is InChI=1S/C6H6NO6S2/c7-6-4(14(8,9)10)2-1-3-5(6)15(11,12)13/h2-3H,7H2,(H,8,9,10)(H,11,12,13). The van der Waals surface area contributed by atoms with Crippen LogP contribution >= 0.6 is 0 Å². The van der Waals surface area contributed by atoms with Crippen LogP contribution in [-0.4, -0.2) is 25.9 Å². The molecule has 1 aromatic carbocycles. The third-order valence-electron chi connectivity index (χ3n) is 1.52. The lowest BCUT2D eigenvalue weighted by Crippen LogP contribution is -2.09. The summed E-state index contributed by atoms with van der Waals surface area (Å²) < 4.78 is 60.2. The second kappa shape index (κ2) is 3.45. The predicted octanol–water partition coefficient (Wildman–Crippen LogP) is -0.438. The third kappa shape index (κ3) is 2.45. The van der Waals surface area contributed by atoms with Crippen molar-refractivity contribution >= 4 is 25.9 Å². The van der Waals surface area contributed by atoms with Gasteiger partial charge in [-0.3, -0.25) is 9.11 Å². The highest BCUT2D eigenvalue weighted by Gasteiger charge is 2.21. The first-order valence-corrected chi connectivity index (χ1v) is 6.26. The fourth-order valence-electron chi connectivity index (χ4n) is 0.897. The van der Waals surface area contributed by atoms with Crippen molar-refractivity contribution in [3.8, 4) is 0 Å². The van der Waals surface area contributed by atoms with E-state index in [1.165, 1.54) is 0 Å². The molecule has 7 nitrogen and oxygen atoms in total. The minimum Gasteiger partial charge on any atom is -0.396 e. The van der Waals surface area contributed by atoms with Crippen LogP contribution in [0.5, 0.6) is 0 Å². The molecule has 0 saturated carbocycles. The molecule has 1 rings (SSSR count). The van der Waals surface area contributed by atoms with Crippen molar-refractivity contribution in [3.05, 3.63) is 18.2 Å². The van der Waals surface area contributed by atoms with Gasteiger partial charge in [-0.05, 0) is 18.2 Å². The Kier molecular flexibility index (Phi) is 2.74. The maximum absolute atomic E-state index is 10.7. The molecule has 1 aromatic rings. The van der Waals surface area contributed by atoms with Gasteiger partial charge in [0.25, 0.3) is 20.2 Å². The number of hydrogen-bond acceptors (Lipinski definition) is 5. The van der Waals surface area contributed by atoms with Gasteiger partial charge in [-0.2, -0.15) is 16.8 Å². The monoisotopic (exact) mass is 252 g/mol. The number of nitrogens with two attached hydrogens (primary N) is 1. The summed E-state index contributed by atoms with van der Waals surface area (Å²) in [5.74, 6) is 0. The molecule has 0 heterocycles. The molecule has 83 valence electrons. The largest absolute Gasteiger partial charge is 0.396 e. The summed E-state index contributed by atoms with van der Waals surface area (Å²) in [5, 5.41) is 0. The lowest BCUT2D eigenvalue weighted by Gasteiger charge is -2.05. The van der Waals surface area contributed by atoms with E-state index >= 15 is 0 Å². The molecular weight excluding hydrogens is 246 g/mol. The van der Waals surface area contributed by atoms with E-state index in [2.05, 4.69) is 6.07 Å². The van der Waals surface area contributed by atoms with E-state index in [1.54, 1.807) is 0 Å². The van der Waals surface area contributed by atoms with Gasteiger partial charge in [-0.25, -0.2) is 0 Å². The van der Waals surface area contributed by atoms with Crippen LogP contribution in [0.25, 0.3) is 0 Å². The van der Waals surface area contributed by atoms with Crippen molar-refractivity contribution in [3.63, 3.8) is 0 Å². The molecule has 15 heavy (non-hydrogen) atoms. The predicted molar refractivity (Wildman–Crippen MR) is 49.3 cm³/mol. The van der Waals surface area contributed by atoms with Crippen LogP contribution in [0.15, 0.2) is 21.9 Å². The Hall–Kier alpha value is -1.16. The second-order valence-corrected chi connectivity index (χ2v) is 5.33. The Labute approximate surface area is 86.0 Å². The van der Waals surface area contributed by atoms with E-state index in [-0.39, 0.29) is 0 Å². The number of nitrogen functional groups attached to an aromatic ring is 1. The van der Waals surface area contributed by atoms with E-state index < -0.39 is 35.7 Å². The second-order valence-electron chi connectivity index (χ2n) is 2.55. The van der Waals surface area contributed by atoms with Gasteiger partial charge in [-0.1, -0.05) is 0 Å². The lowest BCUT2D eigenvalue weighted by molar-refractivity contribution is 0.482. The molecule has 4 N–H and O–H groups in total. The van der Waals surface area contributed by atoms with Crippen LogP contribution in [0.3, 0.4) is 0 Å². The van der Waals surface area contributed by atoms with Crippen molar-refractivity contribution in [1.82, 2.24) is 0 Å². The Balaban J connectivity index is 3.65. The van der Waals surface area contributed by atoms with Gasteiger partial charge < -0.3 is 5.73 Å². The fourth-order valence-corrected chi connectivity index (χ4v) is 2.17. The Morgan fingerprint density at radius 2 is 1.33 bits per heavy atom. The zero-order chi connectivity index (χ0) is 11.9. The smallest absolute Gasteiger partial charge is 0.296 e. The summed E-state index contributed by atoms with van der Waals surface area (Å²) in [4.78, 5) is -1.64. The number of anilines is 1. The molecule has 9 heteroatoms. The first kappa shape index (κ1) is 11.9. The van der Waals surface area contributed by atoms with E-state index in [1.807, 2.05) is 0 Å². The first-order valence-electron chi connectivity index (χ1n) is 3.38. The topological polar surface area (TPSA) is 135 Å². The lowest BCUT2D eigenvalue weighted by atomic mass is 10.3. The van der Waals surface area contributed by atoms with Crippen LogP contribution in [0.4, 0.5) is 5.69 Å². The normalized spacial score (nSPS) is 12.7. The minimum atomic E-state index is -4.65. The highest BCUT2D eigenvalue weighted by atomic mass is 32.2. The van der Waals surface area contributed by atoms with Gasteiger partial charge >= 0.3 is 0 Å². The van der Waals surface area contributed by atoms with E-state index in [0.717, 1.165) is 12.1 Å². The molecule has 0 aliphatic heterocycles. The molecule has 0 unspecified atom stereocenters. The summed E-state index contributed by atoms with van der Waals surface area (Å²) in [6.07, 6.45) is 0. The summed E-state index contributed by atoms with van der Waals surface area (Å²) >= 11 is 0. The quantitative estimate of drug-likeness (QED) is 0.479. The molecule has 0 spiro atoms. The van der Waals surface area contributed by atoms with Gasteiger partial charge in [0.15, 0.2) is 0 Å². The maximum Gasteiger partial charge on any atom is 0.296 e. The Bertz CT molecular complexity index is 538. The van der Waals surface area contributed by atoms with Gasteiger partial charge in [-0.15, -0.1) is 0 Å². The van der Waals surface area contributed by atoms with Gasteiger partial charge in [0.05, 0.1) is 5.69 Å². The molecule has 0 fully saturated rings. The summed E-state index contributed by atoms with van der Waals surface area (Å²) in [5.41, 5.74) is 4.41. The van der Waals surface area contributed by atoms with Crippen molar-refractivity contribution in [2.75, 3.05) is 5.73 Å². The maximum atomic E-state index is 10.7. The van der Waals surface area contributed by atoms with Crippen molar-refractivity contribution in [2.45, 2.75) is 9.79 Å². The van der Waals surface area contributed by atoms with Crippen molar-refractivity contribution in [2.24, 2.45) is 0 Å². The first-order chi connectivity index (χ1) is 6.64. The zero-order valence-electron chi connectivity index (χ0n) is 7.08. The highest BCUT2D eigenvalue weighted by molar-refractivity contribution is 7.87. The third-order valence-corrected chi connectivity index (χ3v) is 3.30. The molecule has 0 amide bonds. The SMILES string of the molecule is Nc1c(S(=O)(=O)O)c[c]cc1S(=O)(=O)O. The zero-order valence-corrected chi connectivity index (χ0v) is 8.71. The van der Waals surface area contributed by atoms with E-state index in [0.29, 0.717) is 0 Å².